The van der Waals surface area contributed by atoms with Gasteiger partial charge in [0.25, 0.3) is 0 Å². The van der Waals surface area contributed by atoms with Gasteiger partial charge in [-0.15, -0.1) is 0 Å². The molecule has 1 aliphatic heterocycles. The normalized spacial score (nSPS) is 28.0. The monoisotopic (exact) mass is 342 g/mol. The van der Waals surface area contributed by atoms with E-state index in [0.29, 0.717) is 10.3 Å². The standard InChI is InChI=1S/C10H13F2N2O7P/c1-5-2-3-14(9(16)13-5)8-10(11,12)7(15)6(21-8)4-20-22(17,18)19/h2-3,6-8,15H,4H2,1H3,(H2,17,18,19)/t6-,7-,8-/m1/s1. The lowest BCUT2D eigenvalue weighted by molar-refractivity contribution is -0.141. The van der Waals surface area contributed by atoms with Crippen molar-refractivity contribution in [3.8, 4) is 0 Å². The summed E-state index contributed by atoms with van der Waals surface area (Å²) in [5, 5.41) is 9.55. The summed E-state index contributed by atoms with van der Waals surface area (Å²) in [7, 11) is -4.91. The van der Waals surface area contributed by atoms with Gasteiger partial charge in [0.15, 0.2) is 6.10 Å². The average Bonchev–Trinajstić information content (AvgIpc) is 2.59. The first kappa shape index (κ1) is 17.1. The van der Waals surface area contributed by atoms with E-state index < -0.39 is 44.5 Å². The third-order valence-corrected chi connectivity index (χ3v) is 3.49. The molecule has 124 valence electrons. The highest BCUT2D eigenvalue weighted by Crippen LogP contribution is 2.44. The molecule has 0 unspecified atom stereocenters. The molecule has 2 heterocycles. The van der Waals surface area contributed by atoms with Crippen LogP contribution >= 0.6 is 7.82 Å². The van der Waals surface area contributed by atoms with Gasteiger partial charge in [0.1, 0.15) is 6.10 Å². The van der Waals surface area contributed by atoms with Crippen molar-refractivity contribution >= 4 is 7.82 Å². The highest BCUT2D eigenvalue weighted by atomic mass is 31.2. The first-order chi connectivity index (χ1) is 10.0. The molecule has 0 aromatic carbocycles. The van der Waals surface area contributed by atoms with Crippen LogP contribution in [0.5, 0.6) is 0 Å². The summed E-state index contributed by atoms with van der Waals surface area (Å²) in [6.45, 7) is 0.524. The number of alkyl halides is 2. The summed E-state index contributed by atoms with van der Waals surface area (Å²) in [5.41, 5.74) is -0.696. The molecule has 3 N–H and O–H groups in total. The van der Waals surface area contributed by atoms with Gasteiger partial charge in [-0.25, -0.2) is 9.36 Å². The van der Waals surface area contributed by atoms with Crippen LogP contribution in [0, 0.1) is 6.92 Å². The quantitative estimate of drug-likeness (QED) is 0.627. The molecular formula is C10H13F2N2O7P. The number of halogens is 2. The molecule has 1 aliphatic rings. The summed E-state index contributed by atoms with van der Waals surface area (Å²) in [4.78, 5) is 32.2. The molecule has 0 radical (unpaired) electrons. The third-order valence-electron chi connectivity index (χ3n) is 3.01. The number of hydrogen-bond acceptors (Lipinski definition) is 6. The molecule has 1 aromatic heterocycles. The predicted molar refractivity (Wildman–Crippen MR) is 66.1 cm³/mol. The Morgan fingerprint density at radius 2 is 2.18 bits per heavy atom. The number of phosphoric acid groups is 1. The molecule has 22 heavy (non-hydrogen) atoms. The molecule has 0 spiro atoms. The van der Waals surface area contributed by atoms with Crippen LogP contribution in [0.15, 0.2) is 17.1 Å². The molecule has 0 bridgehead atoms. The molecule has 1 saturated heterocycles. The van der Waals surface area contributed by atoms with Crippen LogP contribution in [0.25, 0.3) is 0 Å². The Kier molecular flexibility index (Phi) is 4.49. The molecule has 0 amide bonds. The van der Waals surface area contributed by atoms with Crippen LogP contribution in [-0.4, -0.2) is 49.2 Å². The summed E-state index contributed by atoms with van der Waals surface area (Å²) in [6.07, 6.45) is -5.26. The van der Waals surface area contributed by atoms with Crippen molar-refractivity contribution < 1.29 is 37.5 Å². The van der Waals surface area contributed by atoms with Crippen molar-refractivity contribution in [1.29, 1.82) is 0 Å². The number of aliphatic hydroxyl groups excluding tert-OH is 1. The first-order valence-corrected chi connectivity index (χ1v) is 7.52. The molecular weight excluding hydrogens is 329 g/mol. The van der Waals surface area contributed by atoms with Crippen molar-refractivity contribution in [2.45, 2.75) is 31.3 Å². The maximum atomic E-state index is 14.0. The molecule has 12 heteroatoms. The lowest BCUT2D eigenvalue weighted by Gasteiger charge is -2.20. The van der Waals surface area contributed by atoms with E-state index in [2.05, 4.69) is 9.51 Å². The predicted octanol–water partition coefficient (Wildman–Crippen LogP) is -0.445. The SMILES string of the molecule is Cc1ccn([C@@H]2O[C@H](COP(=O)(O)O)[C@@H](O)C2(F)F)c(=O)n1. The zero-order valence-corrected chi connectivity index (χ0v) is 12.1. The minimum atomic E-state index is -4.91. The number of phosphoric ester groups is 1. The largest absolute Gasteiger partial charge is 0.469 e. The fourth-order valence-electron chi connectivity index (χ4n) is 1.95. The fourth-order valence-corrected chi connectivity index (χ4v) is 2.29. The zero-order valence-electron chi connectivity index (χ0n) is 11.2. The number of nitrogens with zero attached hydrogens (tertiary/aromatic N) is 2. The van der Waals surface area contributed by atoms with Gasteiger partial charge >= 0.3 is 19.4 Å². The minimum Gasteiger partial charge on any atom is -0.384 e. The Balaban J connectivity index is 2.26. The van der Waals surface area contributed by atoms with E-state index in [9.17, 15) is 23.2 Å². The summed E-state index contributed by atoms with van der Waals surface area (Å²) >= 11 is 0. The number of aromatic nitrogens is 2. The Labute approximate surface area is 122 Å². The minimum absolute atomic E-state index is 0.310. The van der Waals surface area contributed by atoms with Crippen LogP contribution in [0.4, 0.5) is 8.78 Å². The summed E-state index contributed by atoms with van der Waals surface area (Å²) in [5.74, 6) is -3.87. The highest BCUT2D eigenvalue weighted by molar-refractivity contribution is 7.46. The Hall–Kier alpha value is -1.23. The second kappa shape index (κ2) is 5.76. The van der Waals surface area contributed by atoms with Crippen molar-refractivity contribution in [3.63, 3.8) is 0 Å². The van der Waals surface area contributed by atoms with E-state index in [0.717, 1.165) is 6.20 Å². The van der Waals surface area contributed by atoms with Gasteiger partial charge < -0.3 is 19.6 Å². The average molecular weight is 342 g/mol. The van der Waals surface area contributed by atoms with Gasteiger partial charge in [0.2, 0.25) is 6.23 Å². The number of aryl methyl sites for hydroxylation is 1. The zero-order chi connectivity index (χ0) is 16.7. The molecule has 3 atom stereocenters. The molecule has 0 aliphatic carbocycles. The van der Waals surface area contributed by atoms with E-state index in [1.165, 1.54) is 13.0 Å². The second-order valence-electron chi connectivity index (χ2n) is 4.69. The van der Waals surface area contributed by atoms with Crippen molar-refractivity contribution in [2.24, 2.45) is 0 Å². The fraction of sp³-hybridized carbons (Fsp3) is 0.600. The van der Waals surface area contributed by atoms with Gasteiger partial charge in [-0.3, -0.25) is 9.09 Å². The number of ether oxygens (including phenoxy) is 1. The van der Waals surface area contributed by atoms with E-state index in [4.69, 9.17) is 14.5 Å². The molecule has 0 saturated carbocycles. The number of hydrogen-bond donors (Lipinski definition) is 3. The maximum absolute atomic E-state index is 14.0. The van der Waals surface area contributed by atoms with Gasteiger partial charge in [-0.2, -0.15) is 13.8 Å². The van der Waals surface area contributed by atoms with Crippen LogP contribution in [0.1, 0.15) is 11.9 Å². The van der Waals surface area contributed by atoms with Crippen LogP contribution in [-0.2, 0) is 13.8 Å². The smallest absolute Gasteiger partial charge is 0.384 e. The third kappa shape index (κ3) is 3.40. The van der Waals surface area contributed by atoms with Gasteiger partial charge in [0, 0.05) is 11.9 Å². The Morgan fingerprint density at radius 3 is 2.73 bits per heavy atom. The van der Waals surface area contributed by atoms with Gasteiger partial charge in [0.05, 0.1) is 6.61 Å². The van der Waals surface area contributed by atoms with E-state index in [1.54, 1.807) is 0 Å². The number of aliphatic hydroxyl groups is 1. The highest BCUT2D eigenvalue weighted by Gasteiger charge is 2.60. The molecule has 1 fully saturated rings. The topological polar surface area (TPSA) is 131 Å². The molecule has 1 aromatic rings. The maximum Gasteiger partial charge on any atom is 0.469 e. The van der Waals surface area contributed by atoms with E-state index >= 15 is 0 Å². The lowest BCUT2D eigenvalue weighted by Crippen LogP contribution is -2.41. The number of rotatable bonds is 4. The van der Waals surface area contributed by atoms with Crippen molar-refractivity contribution in [2.75, 3.05) is 6.61 Å². The van der Waals surface area contributed by atoms with Crippen LogP contribution < -0.4 is 5.69 Å². The van der Waals surface area contributed by atoms with Crippen LogP contribution in [0.2, 0.25) is 0 Å². The Morgan fingerprint density at radius 1 is 1.55 bits per heavy atom. The van der Waals surface area contributed by atoms with Gasteiger partial charge in [-0.05, 0) is 13.0 Å². The van der Waals surface area contributed by atoms with E-state index in [1.807, 2.05) is 0 Å². The van der Waals surface area contributed by atoms with Crippen molar-refractivity contribution in [1.82, 2.24) is 9.55 Å². The summed E-state index contributed by atoms with van der Waals surface area (Å²) in [6, 6.07) is 1.30. The summed E-state index contributed by atoms with van der Waals surface area (Å²) < 4.78 is 48.0. The van der Waals surface area contributed by atoms with Crippen molar-refractivity contribution in [3.05, 3.63) is 28.4 Å². The molecule has 2 rings (SSSR count). The molecule has 9 nitrogen and oxygen atoms in total. The Bertz CT molecular complexity index is 661. The van der Waals surface area contributed by atoms with E-state index in [-0.39, 0.29) is 0 Å². The first-order valence-electron chi connectivity index (χ1n) is 5.99. The van der Waals surface area contributed by atoms with Gasteiger partial charge in [-0.1, -0.05) is 0 Å². The lowest BCUT2D eigenvalue weighted by atomic mass is 10.1. The van der Waals surface area contributed by atoms with Crippen LogP contribution in [0.3, 0.4) is 0 Å². The second-order valence-corrected chi connectivity index (χ2v) is 5.93.